The molecule has 0 radical (unpaired) electrons. The molecule has 1 atom stereocenters. The molecule has 2 heterocycles. The highest BCUT2D eigenvalue weighted by Gasteiger charge is 2.44. The Kier molecular flexibility index (Phi) is 2.91. The Morgan fingerprint density at radius 1 is 1.57 bits per heavy atom. The van der Waals surface area contributed by atoms with Crippen LogP contribution in [-0.2, 0) is 11.7 Å². The summed E-state index contributed by atoms with van der Waals surface area (Å²) in [7, 11) is 0. The summed E-state index contributed by atoms with van der Waals surface area (Å²) in [6.45, 7) is 0.897. The molecule has 1 aromatic carbocycles. The molecule has 0 bridgehead atoms. The monoisotopic (exact) mass is 340 g/mol. The maximum Gasteiger partial charge on any atom is 0.410 e. The highest BCUT2D eigenvalue weighted by atomic mass is 35.5. The first-order valence-corrected chi connectivity index (χ1v) is 7.15. The van der Waals surface area contributed by atoms with Gasteiger partial charge in [0.2, 0.25) is 0 Å². The second-order valence-corrected chi connectivity index (χ2v) is 5.99. The summed E-state index contributed by atoms with van der Waals surface area (Å²) in [5.41, 5.74) is -0.103. The zero-order valence-corrected chi connectivity index (χ0v) is 13.2. The summed E-state index contributed by atoms with van der Waals surface area (Å²) in [6, 6.07) is 4.23. The topological polar surface area (TPSA) is 93.4 Å². The molecule has 0 unspecified atom stereocenters. The zero-order chi connectivity index (χ0) is 19.3. The van der Waals surface area contributed by atoms with Crippen LogP contribution in [0.25, 0.3) is 11.4 Å². The van der Waals surface area contributed by atoms with Crippen molar-refractivity contribution in [3.05, 3.63) is 28.8 Å². The average Bonchev–Trinajstić information content (AvgIpc) is 3.11. The molecule has 1 aliphatic heterocycles. The fourth-order valence-electron chi connectivity index (χ4n) is 2.69. The van der Waals surface area contributed by atoms with Crippen molar-refractivity contribution in [1.82, 2.24) is 25.1 Å². The van der Waals surface area contributed by atoms with Crippen LogP contribution in [0.2, 0.25) is 5.02 Å². The predicted octanol–water partition coefficient (Wildman–Crippen LogP) is 2.32. The van der Waals surface area contributed by atoms with Crippen molar-refractivity contribution in [2.24, 2.45) is 6.98 Å². The van der Waals surface area contributed by atoms with Crippen molar-refractivity contribution in [3.63, 3.8) is 0 Å². The standard InChI is InChI=1S/C14H16ClN5O3/c1-14(2)20(13(21)22)11(7-23-14)8-4-5-10(15)9(6-8)12-16-17-18-19(12)3/h4-6,11H,7H2,1-3H3,(H,21,22)/t11-/m1/s1/i3D3. The van der Waals surface area contributed by atoms with Crippen molar-refractivity contribution in [3.8, 4) is 11.4 Å². The van der Waals surface area contributed by atoms with Gasteiger partial charge in [-0.05, 0) is 42.0 Å². The second kappa shape index (κ2) is 5.47. The molecule has 0 aliphatic carbocycles. The summed E-state index contributed by atoms with van der Waals surface area (Å²) in [5.74, 6) is -0.0306. The van der Waals surface area contributed by atoms with Crippen LogP contribution in [0, 0.1) is 0 Å². The first-order chi connectivity index (χ1) is 12.0. The third-order valence-electron chi connectivity index (χ3n) is 3.78. The third-order valence-corrected chi connectivity index (χ3v) is 4.11. The Labute approximate surface area is 141 Å². The van der Waals surface area contributed by atoms with Gasteiger partial charge in [0, 0.05) is 16.7 Å². The molecule has 1 fully saturated rings. The van der Waals surface area contributed by atoms with Gasteiger partial charge in [-0.1, -0.05) is 17.7 Å². The summed E-state index contributed by atoms with van der Waals surface area (Å²) < 4.78 is 28.8. The lowest BCUT2D eigenvalue weighted by molar-refractivity contribution is -0.0420. The summed E-state index contributed by atoms with van der Waals surface area (Å²) >= 11 is 6.22. The van der Waals surface area contributed by atoms with Crippen LogP contribution in [0.1, 0.15) is 29.6 Å². The highest BCUT2D eigenvalue weighted by Crippen LogP contribution is 2.38. The van der Waals surface area contributed by atoms with E-state index in [1.165, 1.54) is 4.90 Å². The lowest BCUT2D eigenvalue weighted by Gasteiger charge is -2.31. The highest BCUT2D eigenvalue weighted by molar-refractivity contribution is 6.33. The number of tetrazole rings is 1. The summed E-state index contributed by atoms with van der Waals surface area (Å²) in [5, 5.41) is 20.5. The Morgan fingerprint density at radius 3 is 3.04 bits per heavy atom. The SMILES string of the molecule is [2H]C([2H])([2H])n1nnnc1-c1cc([C@H]2COC(C)(C)N2C(=O)O)ccc1Cl. The number of hydrogen-bond acceptors (Lipinski definition) is 5. The van der Waals surface area contributed by atoms with Gasteiger partial charge in [0.15, 0.2) is 5.82 Å². The minimum Gasteiger partial charge on any atom is -0.465 e. The molecule has 0 saturated carbocycles. The molecule has 1 N–H and O–H groups in total. The van der Waals surface area contributed by atoms with E-state index in [9.17, 15) is 9.90 Å². The van der Waals surface area contributed by atoms with Gasteiger partial charge in [-0.3, -0.25) is 4.90 Å². The Morgan fingerprint density at radius 2 is 2.35 bits per heavy atom. The number of rotatable bonds is 2. The Bertz CT molecular complexity index is 855. The smallest absolute Gasteiger partial charge is 0.410 e. The van der Waals surface area contributed by atoms with Crippen molar-refractivity contribution in [2.45, 2.75) is 25.6 Å². The lowest BCUT2D eigenvalue weighted by atomic mass is 10.0. The van der Waals surface area contributed by atoms with E-state index in [1.54, 1.807) is 32.0 Å². The van der Waals surface area contributed by atoms with Crippen molar-refractivity contribution in [2.75, 3.05) is 6.61 Å². The number of amides is 1. The van der Waals surface area contributed by atoms with Crippen molar-refractivity contribution >= 4 is 17.7 Å². The average molecular weight is 341 g/mol. The van der Waals surface area contributed by atoms with Crippen LogP contribution in [0.4, 0.5) is 4.79 Å². The number of nitrogens with zero attached hydrogens (tertiary/aromatic N) is 5. The normalized spacial score (nSPS) is 22.5. The molecule has 2 aromatic rings. The van der Waals surface area contributed by atoms with E-state index < -0.39 is 24.8 Å². The first kappa shape index (κ1) is 12.3. The van der Waals surface area contributed by atoms with Crippen LogP contribution < -0.4 is 0 Å². The molecule has 9 heteroatoms. The number of aromatic nitrogens is 4. The molecular formula is C14H16ClN5O3. The second-order valence-electron chi connectivity index (χ2n) is 5.58. The number of hydrogen-bond donors (Lipinski definition) is 1. The molecule has 23 heavy (non-hydrogen) atoms. The quantitative estimate of drug-likeness (QED) is 0.901. The third kappa shape index (κ3) is 2.64. The minimum absolute atomic E-state index is 0.0306. The summed E-state index contributed by atoms with van der Waals surface area (Å²) in [4.78, 5) is 12.9. The van der Waals surface area contributed by atoms with Crippen LogP contribution in [0.3, 0.4) is 0 Å². The van der Waals surface area contributed by atoms with E-state index in [4.69, 9.17) is 20.5 Å². The van der Waals surface area contributed by atoms with Crippen LogP contribution in [0.15, 0.2) is 18.2 Å². The Hall–Kier alpha value is -2.19. The van der Waals surface area contributed by atoms with Gasteiger partial charge >= 0.3 is 6.09 Å². The van der Waals surface area contributed by atoms with Gasteiger partial charge in [-0.2, -0.15) is 0 Å². The predicted molar refractivity (Wildman–Crippen MR) is 81.9 cm³/mol. The van der Waals surface area contributed by atoms with Gasteiger partial charge in [-0.15, -0.1) is 5.10 Å². The number of carboxylic acid groups (broad SMARTS) is 1. The Balaban J connectivity index is 2.08. The number of benzene rings is 1. The molecule has 3 rings (SSSR count). The van der Waals surface area contributed by atoms with E-state index >= 15 is 0 Å². The molecular weight excluding hydrogens is 322 g/mol. The number of halogens is 1. The number of ether oxygens (including phenoxy) is 1. The maximum absolute atomic E-state index is 11.7. The van der Waals surface area contributed by atoms with Crippen molar-refractivity contribution < 1.29 is 18.8 Å². The lowest BCUT2D eigenvalue weighted by Crippen LogP contribution is -2.44. The molecule has 0 spiro atoms. The van der Waals surface area contributed by atoms with E-state index in [1.807, 2.05) is 0 Å². The number of aryl methyl sites for hydroxylation is 1. The van der Waals surface area contributed by atoms with Gasteiger partial charge < -0.3 is 9.84 Å². The van der Waals surface area contributed by atoms with E-state index in [2.05, 4.69) is 15.5 Å². The van der Waals surface area contributed by atoms with Crippen LogP contribution >= 0.6 is 11.6 Å². The molecule has 1 aliphatic rings. The van der Waals surface area contributed by atoms with E-state index in [-0.39, 0.29) is 17.5 Å². The molecule has 122 valence electrons. The maximum atomic E-state index is 11.7. The zero-order valence-electron chi connectivity index (χ0n) is 15.4. The first-order valence-electron chi connectivity index (χ1n) is 8.27. The number of carbonyl (C=O) groups is 1. The molecule has 8 nitrogen and oxygen atoms in total. The summed E-state index contributed by atoms with van der Waals surface area (Å²) in [6.07, 6.45) is -1.12. The fraction of sp³-hybridized carbons (Fsp3) is 0.429. The van der Waals surface area contributed by atoms with Crippen LogP contribution in [-0.4, -0.2) is 48.6 Å². The van der Waals surface area contributed by atoms with Gasteiger partial charge in [0.25, 0.3) is 0 Å². The van der Waals surface area contributed by atoms with Gasteiger partial charge in [0.1, 0.15) is 5.72 Å². The van der Waals surface area contributed by atoms with Gasteiger partial charge in [-0.25, -0.2) is 9.48 Å². The van der Waals surface area contributed by atoms with Crippen LogP contribution in [0.5, 0.6) is 0 Å². The van der Waals surface area contributed by atoms with Gasteiger partial charge in [0.05, 0.1) is 17.7 Å². The van der Waals surface area contributed by atoms with Crippen molar-refractivity contribution in [1.29, 1.82) is 0 Å². The fourth-order valence-corrected chi connectivity index (χ4v) is 2.89. The molecule has 1 saturated heterocycles. The molecule has 1 amide bonds. The molecule has 1 aromatic heterocycles. The van der Waals surface area contributed by atoms with E-state index in [0.29, 0.717) is 15.8 Å². The largest absolute Gasteiger partial charge is 0.465 e. The van der Waals surface area contributed by atoms with E-state index in [0.717, 1.165) is 0 Å². The minimum atomic E-state index is -2.58.